The van der Waals surface area contributed by atoms with Crippen LogP contribution in [0.5, 0.6) is 0 Å². The molecule has 0 radical (unpaired) electrons. The van der Waals surface area contributed by atoms with Crippen molar-refractivity contribution in [2.75, 3.05) is 6.54 Å². The minimum absolute atomic E-state index is 0.00556. The van der Waals surface area contributed by atoms with Crippen LogP contribution in [-0.2, 0) is 0 Å². The minimum atomic E-state index is -0.107. The Bertz CT molecular complexity index is 127. The van der Waals surface area contributed by atoms with Crippen LogP contribution in [0.4, 0.5) is 0 Å². The molecule has 0 fully saturated rings. The monoisotopic (exact) mass is 188 g/mol. The number of hydrogen-bond acceptors (Lipinski definition) is 4. The molecule has 4 heteroatoms. The lowest BCUT2D eigenvalue weighted by Crippen LogP contribution is -2.51. The van der Waals surface area contributed by atoms with Crippen LogP contribution >= 0.6 is 0 Å². The molecule has 0 saturated carbocycles. The topological polar surface area (TPSA) is 104 Å². The molecule has 4 atom stereocenters. The highest BCUT2D eigenvalue weighted by Gasteiger charge is 2.17. The zero-order valence-corrected chi connectivity index (χ0v) is 8.74. The van der Waals surface area contributed by atoms with Gasteiger partial charge in [0, 0.05) is 18.1 Å². The van der Waals surface area contributed by atoms with E-state index in [2.05, 4.69) is 6.92 Å². The van der Waals surface area contributed by atoms with E-state index in [0.717, 1.165) is 12.8 Å². The standard InChI is InChI=1S/C9H24N4/c1-6(5-10)3-4-8(12)9(13)7(2)11/h6-9H,3-5,10-13H2,1-2H3. The summed E-state index contributed by atoms with van der Waals surface area (Å²) in [6, 6.07) is -0.151. The summed E-state index contributed by atoms with van der Waals surface area (Å²) >= 11 is 0. The summed E-state index contributed by atoms with van der Waals surface area (Å²) in [7, 11) is 0. The molecule has 13 heavy (non-hydrogen) atoms. The fourth-order valence-electron chi connectivity index (χ4n) is 1.18. The first-order chi connectivity index (χ1) is 5.99. The van der Waals surface area contributed by atoms with Gasteiger partial charge in [-0.05, 0) is 32.2 Å². The van der Waals surface area contributed by atoms with Crippen molar-refractivity contribution >= 4 is 0 Å². The van der Waals surface area contributed by atoms with Gasteiger partial charge in [0.05, 0.1) is 0 Å². The molecule has 0 amide bonds. The van der Waals surface area contributed by atoms with Crippen LogP contribution in [0.3, 0.4) is 0 Å². The molecule has 0 aliphatic heterocycles. The Balaban J connectivity index is 3.67. The molecule has 0 bridgehead atoms. The van der Waals surface area contributed by atoms with Gasteiger partial charge in [-0.25, -0.2) is 0 Å². The first-order valence-electron chi connectivity index (χ1n) is 4.95. The summed E-state index contributed by atoms with van der Waals surface area (Å²) in [5.41, 5.74) is 22.8. The second kappa shape index (κ2) is 6.32. The molecule has 80 valence electrons. The Morgan fingerprint density at radius 3 is 1.92 bits per heavy atom. The zero-order valence-electron chi connectivity index (χ0n) is 8.74. The Hall–Kier alpha value is -0.160. The highest BCUT2D eigenvalue weighted by molar-refractivity contribution is 4.82. The Morgan fingerprint density at radius 2 is 1.54 bits per heavy atom. The van der Waals surface area contributed by atoms with Gasteiger partial charge >= 0.3 is 0 Å². The van der Waals surface area contributed by atoms with Crippen molar-refractivity contribution < 1.29 is 0 Å². The van der Waals surface area contributed by atoms with Crippen LogP contribution in [0.1, 0.15) is 26.7 Å². The van der Waals surface area contributed by atoms with E-state index < -0.39 is 0 Å². The quantitative estimate of drug-likeness (QED) is 0.445. The third-order valence-electron chi connectivity index (χ3n) is 2.50. The maximum absolute atomic E-state index is 5.88. The van der Waals surface area contributed by atoms with E-state index in [9.17, 15) is 0 Å². The Kier molecular flexibility index (Phi) is 6.24. The number of rotatable bonds is 6. The maximum Gasteiger partial charge on any atom is 0.0343 e. The van der Waals surface area contributed by atoms with Gasteiger partial charge < -0.3 is 22.9 Å². The van der Waals surface area contributed by atoms with Crippen molar-refractivity contribution in [1.29, 1.82) is 0 Å². The van der Waals surface area contributed by atoms with Crippen LogP contribution in [0.15, 0.2) is 0 Å². The molecular formula is C9H24N4. The minimum Gasteiger partial charge on any atom is -0.330 e. The van der Waals surface area contributed by atoms with Crippen molar-refractivity contribution in [1.82, 2.24) is 0 Å². The predicted octanol–water partition coefficient (Wildman–Crippen LogP) is -0.637. The lowest BCUT2D eigenvalue weighted by atomic mass is 9.95. The third-order valence-corrected chi connectivity index (χ3v) is 2.50. The normalized spacial score (nSPS) is 20.8. The Morgan fingerprint density at radius 1 is 1.00 bits per heavy atom. The van der Waals surface area contributed by atoms with Gasteiger partial charge in [-0.15, -0.1) is 0 Å². The summed E-state index contributed by atoms with van der Waals surface area (Å²) in [6.45, 7) is 4.71. The van der Waals surface area contributed by atoms with Crippen LogP contribution in [-0.4, -0.2) is 24.7 Å². The zero-order chi connectivity index (χ0) is 10.4. The molecule has 0 aromatic carbocycles. The molecule has 0 aliphatic rings. The second-order valence-corrected chi connectivity index (χ2v) is 4.02. The van der Waals surface area contributed by atoms with E-state index in [4.69, 9.17) is 22.9 Å². The van der Waals surface area contributed by atoms with Gasteiger partial charge in [0.1, 0.15) is 0 Å². The summed E-state index contributed by atoms with van der Waals surface area (Å²) < 4.78 is 0. The predicted molar refractivity (Wildman–Crippen MR) is 57.1 cm³/mol. The van der Waals surface area contributed by atoms with Crippen LogP contribution < -0.4 is 22.9 Å². The molecule has 0 spiro atoms. The van der Waals surface area contributed by atoms with E-state index in [1.165, 1.54) is 0 Å². The molecule has 0 aromatic heterocycles. The summed E-state index contributed by atoms with van der Waals surface area (Å²) in [5.74, 6) is 0.520. The molecular weight excluding hydrogens is 164 g/mol. The van der Waals surface area contributed by atoms with Gasteiger partial charge in [-0.2, -0.15) is 0 Å². The van der Waals surface area contributed by atoms with Gasteiger partial charge in [0.15, 0.2) is 0 Å². The van der Waals surface area contributed by atoms with Gasteiger partial charge in [0.25, 0.3) is 0 Å². The number of nitrogens with two attached hydrogens (primary N) is 4. The van der Waals surface area contributed by atoms with Crippen molar-refractivity contribution in [3.8, 4) is 0 Å². The van der Waals surface area contributed by atoms with Crippen LogP contribution in [0.25, 0.3) is 0 Å². The fourth-order valence-corrected chi connectivity index (χ4v) is 1.18. The molecule has 4 nitrogen and oxygen atoms in total. The summed E-state index contributed by atoms with van der Waals surface area (Å²) in [4.78, 5) is 0. The largest absolute Gasteiger partial charge is 0.330 e. The van der Waals surface area contributed by atoms with Crippen LogP contribution in [0, 0.1) is 5.92 Å². The molecule has 0 saturated heterocycles. The van der Waals surface area contributed by atoms with E-state index in [1.807, 2.05) is 6.92 Å². The van der Waals surface area contributed by atoms with Crippen molar-refractivity contribution in [2.45, 2.75) is 44.8 Å². The molecule has 0 aliphatic carbocycles. The van der Waals surface area contributed by atoms with Crippen molar-refractivity contribution in [3.63, 3.8) is 0 Å². The van der Waals surface area contributed by atoms with E-state index in [-0.39, 0.29) is 18.1 Å². The fraction of sp³-hybridized carbons (Fsp3) is 1.00. The van der Waals surface area contributed by atoms with E-state index >= 15 is 0 Å². The molecule has 4 unspecified atom stereocenters. The second-order valence-electron chi connectivity index (χ2n) is 4.02. The average molecular weight is 188 g/mol. The van der Waals surface area contributed by atoms with Crippen LogP contribution in [0.2, 0.25) is 0 Å². The smallest absolute Gasteiger partial charge is 0.0343 e. The molecule has 0 rings (SSSR count). The molecule has 0 aromatic rings. The molecule has 8 N–H and O–H groups in total. The first-order valence-corrected chi connectivity index (χ1v) is 4.95. The van der Waals surface area contributed by atoms with Gasteiger partial charge in [-0.1, -0.05) is 6.92 Å². The van der Waals surface area contributed by atoms with E-state index in [1.54, 1.807) is 0 Å². The molecule has 0 heterocycles. The highest BCUT2D eigenvalue weighted by Crippen LogP contribution is 2.07. The summed E-state index contributed by atoms with van der Waals surface area (Å²) in [6.07, 6.45) is 1.93. The average Bonchev–Trinajstić information content (AvgIpc) is 2.11. The van der Waals surface area contributed by atoms with Crippen molar-refractivity contribution in [3.05, 3.63) is 0 Å². The SMILES string of the molecule is CC(CN)CCC(N)C(N)C(C)N. The maximum atomic E-state index is 5.88. The van der Waals surface area contributed by atoms with E-state index in [0.29, 0.717) is 12.5 Å². The lowest BCUT2D eigenvalue weighted by Gasteiger charge is -2.23. The van der Waals surface area contributed by atoms with Crippen molar-refractivity contribution in [2.24, 2.45) is 28.9 Å². The highest BCUT2D eigenvalue weighted by atomic mass is 14.8. The third kappa shape index (κ3) is 5.21. The number of hydrogen-bond donors (Lipinski definition) is 4. The summed E-state index contributed by atoms with van der Waals surface area (Å²) in [5, 5.41) is 0. The Labute approximate surface area is 81.0 Å². The first kappa shape index (κ1) is 12.8. The van der Waals surface area contributed by atoms with Gasteiger partial charge in [-0.3, -0.25) is 0 Å². The van der Waals surface area contributed by atoms with Gasteiger partial charge in [0.2, 0.25) is 0 Å². The lowest BCUT2D eigenvalue weighted by molar-refractivity contribution is 0.400.